The van der Waals surface area contributed by atoms with Gasteiger partial charge in [0.05, 0.1) is 7.11 Å². The highest BCUT2D eigenvalue weighted by Crippen LogP contribution is 2.22. The largest absolute Gasteiger partial charge is 0.468 e. The first-order chi connectivity index (χ1) is 15.2. The van der Waals surface area contributed by atoms with Crippen LogP contribution in [0.25, 0.3) is 10.9 Å². The van der Waals surface area contributed by atoms with Gasteiger partial charge in [-0.25, -0.2) is 0 Å². The van der Waals surface area contributed by atoms with Crippen molar-refractivity contribution in [2.24, 2.45) is 0 Å². The van der Waals surface area contributed by atoms with Gasteiger partial charge in [0.15, 0.2) is 0 Å². The third-order valence-corrected chi connectivity index (χ3v) is 5.79. The van der Waals surface area contributed by atoms with Crippen LogP contribution in [0.5, 0.6) is 0 Å². The van der Waals surface area contributed by atoms with Gasteiger partial charge in [-0.3, -0.25) is 4.79 Å². The lowest BCUT2D eigenvalue weighted by molar-refractivity contribution is -0.143. The lowest BCUT2D eigenvalue weighted by Gasteiger charge is -2.22. The van der Waals surface area contributed by atoms with E-state index in [1.807, 2.05) is 36.5 Å². The molecule has 4 rings (SSSR count). The summed E-state index contributed by atoms with van der Waals surface area (Å²) in [6.45, 7) is 0.682. The van der Waals surface area contributed by atoms with Crippen molar-refractivity contribution in [1.29, 1.82) is 0 Å². The van der Waals surface area contributed by atoms with E-state index in [1.54, 1.807) is 0 Å². The Bertz CT molecular complexity index is 1110. The van der Waals surface area contributed by atoms with E-state index >= 15 is 0 Å². The zero-order chi connectivity index (χ0) is 21.5. The number of esters is 1. The van der Waals surface area contributed by atoms with Crippen LogP contribution in [0, 0.1) is 0 Å². The second-order valence-electron chi connectivity index (χ2n) is 7.84. The topological polar surface area (TPSA) is 54.1 Å². The second kappa shape index (κ2) is 10.1. The average molecular weight is 413 g/mol. The minimum absolute atomic E-state index is 0.239. The Morgan fingerprint density at radius 3 is 2.32 bits per heavy atom. The number of aromatic nitrogens is 1. The molecule has 1 aromatic heterocycles. The van der Waals surface area contributed by atoms with Crippen molar-refractivity contribution in [3.05, 3.63) is 108 Å². The lowest BCUT2D eigenvalue weighted by Crippen LogP contribution is -2.41. The van der Waals surface area contributed by atoms with Gasteiger partial charge < -0.3 is 15.0 Å². The zero-order valence-electron chi connectivity index (χ0n) is 17.8. The van der Waals surface area contributed by atoms with Crippen molar-refractivity contribution in [3.8, 4) is 0 Å². The van der Waals surface area contributed by atoms with E-state index in [-0.39, 0.29) is 11.9 Å². The molecule has 0 bridgehead atoms. The molecular formula is C27H28N2O2. The first kappa shape index (κ1) is 20.9. The Hall–Kier alpha value is -3.37. The summed E-state index contributed by atoms with van der Waals surface area (Å²) in [5.41, 5.74) is 4.73. The van der Waals surface area contributed by atoms with E-state index < -0.39 is 6.04 Å². The van der Waals surface area contributed by atoms with Crippen LogP contribution in [0.15, 0.2) is 91.1 Å². The number of H-pyrrole nitrogens is 1. The standard InChI is InChI=1S/C27H28N2O2/c1-31-27(30)26(17-23-19-28-25-15-9-8-14-24(23)25)29-18-22(21-12-6-3-7-13-21)16-20-10-4-2-5-11-20/h2-15,19,22,26,28-29H,16-18H2,1H3/t22?,26-/m0/s1. The van der Waals surface area contributed by atoms with Crippen LogP contribution in [0.3, 0.4) is 0 Å². The summed E-state index contributed by atoms with van der Waals surface area (Å²) in [6.07, 6.45) is 3.46. The fourth-order valence-corrected chi connectivity index (χ4v) is 4.12. The number of rotatable bonds is 9. The first-order valence-electron chi connectivity index (χ1n) is 10.7. The molecule has 0 radical (unpaired) electrons. The molecule has 31 heavy (non-hydrogen) atoms. The average Bonchev–Trinajstić information content (AvgIpc) is 3.24. The number of benzene rings is 3. The summed E-state index contributed by atoms with van der Waals surface area (Å²) in [5, 5.41) is 4.64. The van der Waals surface area contributed by atoms with Crippen LogP contribution in [-0.4, -0.2) is 30.6 Å². The van der Waals surface area contributed by atoms with Crippen molar-refractivity contribution in [2.75, 3.05) is 13.7 Å². The number of carbonyl (C=O) groups is 1. The lowest BCUT2D eigenvalue weighted by atomic mass is 9.91. The highest BCUT2D eigenvalue weighted by Gasteiger charge is 2.23. The number of hydrogen-bond acceptors (Lipinski definition) is 3. The van der Waals surface area contributed by atoms with Crippen molar-refractivity contribution in [3.63, 3.8) is 0 Å². The molecule has 0 aliphatic rings. The monoisotopic (exact) mass is 412 g/mol. The number of carbonyl (C=O) groups excluding carboxylic acids is 1. The minimum Gasteiger partial charge on any atom is -0.468 e. The second-order valence-corrected chi connectivity index (χ2v) is 7.84. The molecule has 0 saturated carbocycles. The quantitative estimate of drug-likeness (QED) is 0.386. The maximum absolute atomic E-state index is 12.6. The van der Waals surface area contributed by atoms with E-state index in [1.165, 1.54) is 18.2 Å². The minimum atomic E-state index is -0.411. The van der Waals surface area contributed by atoms with E-state index in [0.29, 0.717) is 13.0 Å². The van der Waals surface area contributed by atoms with Gasteiger partial charge >= 0.3 is 5.97 Å². The molecule has 1 heterocycles. The van der Waals surface area contributed by atoms with Gasteiger partial charge in [0.1, 0.15) is 6.04 Å². The summed E-state index contributed by atoms with van der Waals surface area (Å²) in [4.78, 5) is 15.9. The number of aromatic amines is 1. The van der Waals surface area contributed by atoms with Crippen LogP contribution < -0.4 is 5.32 Å². The Kier molecular flexibility index (Phi) is 6.80. The number of nitrogens with one attached hydrogen (secondary N) is 2. The molecule has 0 spiro atoms. The molecule has 4 nitrogen and oxygen atoms in total. The van der Waals surface area contributed by atoms with Crippen molar-refractivity contribution < 1.29 is 9.53 Å². The molecule has 4 heteroatoms. The van der Waals surface area contributed by atoms with Gasteiger partial charge in [-0.05, 0) is 29.2 Å². The van der Waals surface area contributed by atoms with Gasteiger partial charge in [-0.1, -0.05) is 78.9 Å². The third kappa shape index (κ3) is 5.22. The van der Waals surface area contributed by atoms with Crippen LogP contribution >= 0.6 is 0 Å². The van der Waals surface area contributed by atoms with Crippen LogP contribution in [-0.2, 0) is 22.4 Å². The predicted octanol–water partition coefficient (Wildman–Crippen LogP) is 4.87. The summed E-state index contributed by atoms with van der Waals surface area (Å²) >= 11 is 0. The highest BCUT2D eigenvalue weighted by molar-refractivity contribution is 5.84. The summed E-state index contributed by atoms with van der Waals surface area (Å²) < 4.78 is 5.12. The van der Waals surface area contributed by atoms with Gasteiger partial charge in [0.25, 0.3) is 0 Å². The third-order valence-electron chi connectivity index (χ3n) is 5.79. The molecule has 1 unspecified atom stereocenters. The predicted molar refractivity (Wildman–Crippen MR) is 125 cm³/mol. The summed E-state index contributed by atoms with van der Waals surface area (Å²) in [7, 11) is 1.45. The van der Waals surface area contributed by atoms with Gasteiger partial charge in [0.2, 0.25) is 0 Å². The van der Waals surface area contributed by atoms with Crippen LogP contribution in [0.1, 0.15) is 22.6 Å². The first-order valence-corrected chi connectivity index (χ1v) is 10.7. The fourth-order valence-electron chi connectivity index (χ4n) is 4.12. The number of hydrogen-bond donors (Lipinski definition) is 2. The number of ether oxygens (including phenoxy) is 1. The van der Waals surface area contributed by atoms with E-state index in [2.05, 4.69) is 64.9 Å². The molecule has 0 aliphatic heterocycles. The van der Waals surface area contributed by atoms with Gasteiger partial charge in [-0.15, -0.1) is 0 Å². The van der Waals surface area contributed by atoms with Gasteiger partial charge in [0, 0.05) is 36.0 Å². The number of para-hydroxylation sites is 1. The molecule has 0 saturated heterocycles. The van der Waals surface area contributed by atoms with Crippen molar-refractivity contribution in [2.45, 2.75) is 24.8 Å². The highest BCUT2D eigenvalue weighted by atomic mass is 16.5. The van der Waals surface area contributed by atoms with E-state index in [9.17, 15) is 4.79 Å². The normalized spacial score (nSPS) is 13.1. The molecule has 0 fully saturated rings. The molecule has 3 aromatic carbocycles. The van der Waals surface area contributed by atoms with Crippen LogP contribution in [0.4, 0.5) is 0 Å². The molecule has 158 valence electrons. The van der Waals surface area contributed by atoms with Gasteiger partial charge in [-0.2, -0.15) is 0 Å². The number of fused-ring (bicyclic) bond motifs is 1. The van der Waals surface area contributed by atoms with E-state index in [0.717, 1.165) is 22.9 Å². The Morgan fingerprint density at radius 2 is 1.58 bits per heavy atom. The van der Waals surface area contributed by atoms with E-state index in [4.69, 9.17) is 4.74 Å². The smallest absolute Gasteiger partial charge is 0.323 e. The maximum Gasteiger partial charge on any atom is 0.323 e. The SMILES string of the molecule is COC(=O)[C@H](Cc1c[nH]c2ccccc12)NCC(Cc1ccccc1)c1ccccc1. The Morgan fingerprint density at radius 1 is 0.903 bits per heavy atom. The molecular weight excluding hydrogens is 384 g/mol. The molecule has 2 N–H and O–H groups in total. The van der Waals surface area contributed by atoms with Crippen molar-refractivity contribution >= 4 is 16.9 Å². The zero-order valence-corrected chi connectivity index (χ0v) is 17.8. The fraction of sp³-hybridized carbons (Fsp3) is 0.222. The molecule has 0 aliphatic carbocycles. The summed E-state index contributed by atoms with van der Waals surface area (Å²) in [6, 6.07) is 28.7. The number of methoxy groups -OCH3 is 1. The maximum atomic E-state index is 12.6. The van der Waals surface area contributed by atoms with Crippen LogP contribution in [0.2, 0.25) is 0 Å². The molecule has 4 aromatic rings. The Balaban J connectivity index is 1.52. The Labute approximate surface area is 183 Å². The summed E-state index contributed by atoms with van der Waals surface area (Å²) in [5.74, 6) is 0.00975. The molecule has 2 atom stereocenters. The van der Waals surface area contributed by atoms with Crippen molar-refractivity contribution in [1.82, 2.24) is 10.3 Å². The molecule has 0 amide bonds.